The maximum absolute atomic E-state index is 5.25. The molecule has 14 heavy (non-hydrogen) atoms. The van der Waals surface area contributed by atoms with Crippen LogP contribution in [0.1, 0.15) is 33.1 Å². The van der Waals surface area contributed by atoms with Crippen LogP contribution in [0.15, 0.2) is 0 Å². The van der Waals surface area contributed by atoms with E-state index in [1.165, 1.54) is 13.0 Å². The van der Waals surface area contributed by atoms with Gasteiger partial charge in [-0.15, -0.1) is 12.3 Å². The van der Waals surface area contributed by atoms with E-state index in [1.807, 2.05) is 7.05 Å². The zero-order valence-corrected chi connectivity index (χ0v) is 9.84. The van der Waals surface area contributed by atoms with Gasteiger partial charge in [-0.3, -0.25) is 0 Å². The molecule has 1 atom stereocenters. The molecule has 1 unspecified atom stereocenters. The van der Waals surface area contributed by atoms with E-state index in [0.717, 1.165) is 25.9 Å². The third-order valence-electron chi connectivity index (χ3n) is 2.73. The predicted molar refractivity (Wildman–Crippen MR) is 63.3 cm³/mol. The highest BCUT2D eigenvalue weighted by Crippen LogP contribution is 2.02. The van der Waals surface area contributed by atoms with E-state index in [2.05, 4.69) is 30.0 Å². The standard InChI is InChI=1S/C12H24N2/c1-5-8-9-12(13-4)10-11-14(6-2)7-3/h1,12-13H,6-11H2,2-4H3. The molecule has 0 amide bonds. The van der Waals surface area contributed by atoms with Crippen molar-refractivity contribution in [1.29, 1.82) is 0 Å². The molecule has 2 nitrogen and oxygen atoms in total. The minimum atomic E-state index is 0.576. The van der Waals surface area contributed by atoms with Gasteiger partial charge >= 0.3 is 0 Å². The Labute approximate surface area is 89.1 Å². The van der Waals surface area contributed by atoms with Crippen LogP contribution in [0.4, 0.5) is 0 Å². The van der Waals surface area contributed by atoms with Crippen LogP contribution < -0.4 is 5.32 Å². The Hall–Kier alpha value is -0.520. The van der Waals surface area contributed by atoms with Gasteiger partial charge in [-0.25, -0.2) is 0 Å². The van der Waals surface area contributed by atoms with Gasteiger partial charge in [-0.1, -0.05) is 13.8 Å². The summed E-state index contributed by atoms with van der Waals surface area (Å²) in [4.78, 5) is 2.44. The quantitative estimate of drug-likeness (QED) is 0.595. The van der Waals surface area contributed by atoms with E-state index >= 15 is 0 Å². The number of hydrogen-bond acceptors (Lipinski definition) is 2. The van der Waals surface area contributed by atoms with E-state index < -0.39 is 0 Å². The molecule has 0 spiro atoms. The van der Waals surface area contributed by atoms with Crippen molar-refractivity contribution in [3.8, 4) is 12.3 Å². The summed E-state index contributed by atoms with van der Waals surface area (Å²) in [6.07, 6.45) is 8.42. The largest absolute Gasteiger partial charge is 0.317 e. The Morgan fingerprint density at radius 2 is 1.93 bits per heavy atom. The maximum Gasteiger partial charge on any atom is 0.0101 e. The molecule has 0 saturated heterocycles. The van der Waals surface area contributed by atoms with E-state index in [1.54, 1.807) is 0 Å². The summed E-state index contributed by atoms with van der Waals surface area (Å²) >= 11 is 0. The second-order valence-corrected chi connectivity index (χ2v) is 3.54. The van der Waals surface area contributed by atoms with E-state index in [0.29, 0.717) is 6.04 Å². The van der Waals surface area contributed by atoms with Gasteiger partial charge in [0.2, 0.25) is 0 Å². The number of rotatable bonds is 8. The van der Waals surface area contributed by atoms with Crippen LogP contribution in [0.5, 0.6) is 0 Å². The summed E-state index contributed by atoms with van der Waals surface area (Å²) < 4.78 is 0. The molecule has 0 fully saturated rings. The van der Waals surface area contributed by atoms with Crippen LogP contribution in [-0.2, 0) is 0 Å². The fourth-order valence-electron chi connectivity index (χ4n) is 1.57. The average Bonchev–Trinajstić information content (AvgIpc) is 2.23. The van der Waals surface area contributed by atoms with Gasteiger partial charge in [-0.05, 0) is 39.5 Å². The van der Waals surface area contributed by atoms with Gasteiger partial charge in [0.15, 0.2) is 0 Å². The van der Waals surface area contributed by atoms with Crippen molar-refractivity contribution in [3.05, 3.63) is 0 Å². The van der Waals surface area contributed by atoms with Crippen molar-refractivity contribution in [1.82, 2.24) is 10.2 Å². The molecule has 0 rings (SSSR count). The third kappa shape index (κ3) is 6.01. The number of hydrogen-bond donors (Lipinski definition) is 1. The number of nitrogens with zero attached hydrogens (tertiary/aromatic N) is 1. The highest BCUT2D eigenvalue weighted by molar-refractivity contribution is 4.85. The summed E-state index contributed by atoms with van der Waals surface area (Å²) in [7, 11) is 2.02. The van der Waals surface area contributed by atoms with Crippen molar-refractivity contribution in [3.63, 3.8) is 0 Å². The Morgan fingerprint density at radius 3 is 2.36 bits per heavy atom. The van der Waals surface area contributed by atoms with Gasteiger partial charge in [0.05, 0.1) is 0 Å². The predicted octanol–water partition coefficient (Wildman–Crippen LogP) is 1.72. The summed E-state index contributed by atoms with van der Waals surface area (Å²) in [5, 5.41) is 3.32. The smallest absolute Gasteiger partial charge is 0.0101 e. The van der Waals surface area contributed by atoms with Gasteiger partial charge in [0.1, 0.15) is 0 Å². The van der Waals surface area contributed by atoms with Gasteiger partial charge < -0.3 is 10.2 Å². The zero-order chi connectivity index (χ0) is 10.8. The first-order valence-corrected chi connectivity index (χ1v) is 5.61. The summed E-state index contributed by atoms with van der Waals surface area (Å²) in [6, 6.07) is 0.576. The van der Waals surface area contributed by atoms with Crippen LogP contribution in [-0.4, -0.2) is 37.6 Å². The molecule has 0 aliphatic rings. The highest BCUT2D eigenvalue weighted by atomic mass is 15.1. The number of nitrogens with one attached hydrogen (secondary N) is 1. The van der Waals surface area contributed by atoms with Gasteiger partial charge in [0.25, 0.3) is 0 Å². The van der Waals surface area contributed by atoms with E-state index in [9.17, 15) is 0 Å². The molecule has 0 aromatic heterocycles. The number of terminal acetylenes is 1. The molecule has 0 heterocycles. The monoisotopic (exact) mass is 196 g/mol. The molecule has 0 radical (unpaired) electrons. The highest BCUT2D eigenvalue weighted by Gasteiger charge is 2.06. The second kappa shape index (κ2) is 9.05. The Balaban J connectivity index is 3.65. The summed E-state index contributed by atoms with van der Waals surface area (Å²) in [6.45, 7) is 7.87. The Kier molecular flexibility index (Phi) is 8.72. The topological polar surface area (TPSA) is 15.3 Å². The average molecular weight is 196 g/mol. The van der Waals surface area contributed by atoms with Crippen molar-refractivity contribution >= 4 is 0 Å². The lowest BCUT2D eigenvalue weighted by atomic mass is 10.1. The van der Waals surface area contributed by atoms with Crippen LogP contribution in [0.2, 0.25) is 0 Å². The fourth-order valence-corrected chi connectivity index (χ4v) is 1.57. The second-order valence-electron chi connectivity index (χ2n) is 3.54. The SMILES string of the molecule is C#CCCC(CCN(CC)CC)NC. The fraction of sp³-hybridized carbons (Fsp3) is 0.833. The molecule has 0 aromatic carbocycles. The molecule has 82 valence electrons. The van der Waals surface area contributed by atoms with Crippen molar-refractivity contribution in [2.45, 2.75) is 39.2 Å². The lowest BCUT2D eigenvalue weighted by Gasteiger charge is -2.22. The molecular weight excluding hydrogens is 172 g/mol. The van der Waals surface area contributed by atoms with Crippen molar-refractivity contribution < 1.29 is 0 Å². The first-order valence-electron chi connectivity index (χ1n) is 5.61. The lowest BCUT2D eigenvalue weighted by molar-refractivity contribution is 0.281. The van der Waals surface area contributed by atoms with Crippen molar-refractivity contribution in [2.75, 3.05) is 26.7 Å². The molecule has 0 aliphatic carbocycles. The van der Waals surface area contributed by atoms with Gasteiger partial charge in [0, 0.05) is 12.5 Å². The van der Waals surface area contributed by atoms with E-state index in [-0.39, 0.29) is 0 Å². The first-order chi connectivity index (χ1) is 6.78. The van der Waals surface area contributed by atoms with Crippen LogP contribution in [0.3, 0.4) is 0 Å². The van der Waals surface area contributed by atoms with Crippen LogP contribution in [0.25, 0.3) is 0 Å². The molecule has 0 aromatic rings. The maximum atomic E-state index is 5.25. The minimum Gasteiger partial charge on any atom is -0.317 e. The zero-order valence-electron chi connectivity index (χ0n) is 9.84. The molecule has 0 saturated carbocycles. The Bertz CT molecular complexity index is 156. The molecular formula is C12H24N2. The first kappa shape index (κ1) is 13.5. The van der Waals surface area contributed by atoms with Crippen molar-refractivity contribution in [2.24, 2.45) is 0 Å². The van der Waals surface area contributed by atoms with Crippen LogP contribution in [0, 0.1) is 12.3 Å². The van der Waals surface area contributed by atoms with Gasteiger partial charge in [-0.2, -0.15) is 0 Å². The molecule has 0 bridgehead atoms. The third-order valence-corrected chi connectivity index (χ3v) is 2.73. The normalized spacial score (nSPS) is 12.8. The van der Waals surface area contributed by atoms with E-state index in [4.69, 9.17) is 6.42 Å². The lowest BCUT2D eigenvalue weighted by Crippen LogP contribution is -2.32. The summed E-state index contributed by atoms with van der Waals surface area (Å²) in [5.74, 6) is 2.69. The summed E-state index contributed by atoms with van der Waals surface area (Å²) in [5.41, 5.74) is 0. The molecule has 0 aliphatic heterocycles. The Morgan fingerprint density at radius 1 is 1.29 bits per heavy atom. The molecule has 2 heteroatoms. The molecule has 1 N–H and O–H groups in total. The minimum absolute atomic E-state index is 0.576. The van der Waals surface area contributed by atoms with Crippen LogP contribution >= 0.6 is 0 Å².